The number of para-hydroxylation sites is 1. The summed E-state index contributed by atoms with van der Waals surface area (Å²) in [4.78, 5) is 26.6. The minimum atomic E-state index is -0.279. The van der Waals surface area contributed by atoms with Crippen molar-refractivity contribution < 1.29 is 9.59 Å². The third kappa shape index (κ3) is 4.12. The largest absolute Gasteiger partial charge is 0.399 e. The number of anilines is 2. The maximum Gasteiger partial charge on any atom is 0.252 e. The van der Waals surface area contributed by atoms with E-state index in [-0.39, 0.29) is 30.8 Å². The molecule has 2 aromatic rings. The van der Waals surface area contributed by atoms with E-state index in [0.29, 0.717) is 17.8 Å². The molecule has 0 radical (unpaired) electrons. The molecule has 0 atom stereocenters. The number of rotatable bonds is 3. The number of carbonyl (C=O) groups is 2. The number of nitrogen functional groups attached to an aromatic ring is 1. The van der Waals surface area contributed by atoms with Crippen LogP contribution in [0.3, 0.4) is 0 Å². The molecule has 25 heavy (non-hydrogen) atoms. The van der Waals surface area contributed by atoms with Crippen molar-refractivity contribution in [2.75, 3.05) is 23.7 Å². The van der Waals surface area contributed by atoms with E-state index in [0.717, 1.165) is 24.1 Å². The first kappa shape index (κ1) is 18.8. The van der Waals surface area contributed by atoms with Gasteiger partial charge in [0.25, 0.3) is 5.91 Å². The zero-order chi connectivity index (χ0) is 17.1. The highest BCUT2D eigenvalue weighted by Gasteiger charge is 2.22. The highest BCUT2D eigenvalue weighted by molar-refractivity contribution is 6.01. The lowest BCUT2D eigenvalue weighted by Crippen LogP contribution is -2.42. The highest BCUT2D eigenvalue weighted by Crippen LogP contribution is 2.26. The van der Waals surface area contributed by atoms with E-state index in [9.17, 15) is 9.59 Å². The summed E-state index contributed by atoms with van der Waals surface area (Å²) in [6.45, 7) is 2.50. The lowest BCUT2D eigenvalue weighted by Gasteiger charge is -2.29. The molecule has 132 valence electrons. The van der Waals surface area contributed by atoms with E-state index in [1.165, 1.54) is 5.56 Å². The van der Waals surface area contributed by atoms with Crippen LogP contribution in [-0.2, 0) is 11.2 Å². The van der Waals surface area contributed by atoms with Gasteiger partial charge in [-0.15, -0.1) is 12.4 Å². The van der Waals surface area contributed by atoms with Crippen molar-refractivity contribution in [3.63, 3.8) is 0 Å². The van der Waals surface area contributed by atoms with Gasteiger partial charge in [-0.2, -0.15) is 0 Å². The van der Waals surface area contributed by atoms with E-state index < -0.39 is 0 Å². The number of carbonyl (C=O) groups excluding carboxylic acids is 2. The molecule has 6 heteroatoms. The smallest absolute Gasteiger partial charge is 0.252 e. The molecule has 0 unspecified atom stereocenters. The molecule has 3 N–H and O–H groups in total. The van der Waals surface area contributed by atoms with Crippen LogP contribution in [0.25, 0.3) is 0 Å². The number of hydrogen-bond donors (Lipinski definition) is 2. The quantitative estimate of drug-likeness (QED) is 0.827. The third-order valence-corrected chi connectivity index (χ3v) is 4.32. The fraction of sp³-hybridized carbons (Fsp3) is 0.263. The lowest BCUT2D eigenvalue weighted by atomic mass is 10.0. The molecule has 2 aromatic carbocycles. The van der Waals surface area contributed by atoms with E-state index in [4.69, 9.17) is 5.73 Å². The van der Waals surface area contributed by atoms with Gasteiger partial charge in [-0.25, -0.2) is 0 Å². The second-order valence-corrected chi connectivity index (χ2v) is 6.03. The van der Waals surface area contributed by atoms with Crippen molar-refractivity contribution in [1.82, 2.24) is 5.32 Å². The Labute approximate surface area is 153 Å². The van der Waals surface area contributed by atoms with Crippen LogP contribution in [0.1, 0.15) is 27.9 Å². The number of nitrogens with two attached hydrogens (primary N) is 1. The summed E-state index contributed by atoms with van der Waals surface area (Å²) >= 11 is 0. The molecule has 0 saturated heterocycles. The SMILES string of the molecule is Cc1ccc(N)cc1C(=O)NCC(=O)N1CCCc2ccccc21.Cl. The van der Waals surface area contributed by atoms with Gasteiger partial charge in [-0.05, 0) is 49.1 Å². The Morgan fingerprint density at radius 3 is 2.76 bits per heavy atom. The van der Waals surface area contributed by atoms with Crippen LogP contribution in [0.4, 0.5) is 11.4 Å². The molecule has 0 spiro atoms. The van der Waals surface area contributed by atoms with Crippen molar-refractivity contribution >= 4 is 35.6 Å². The van der Waals surface area contributed by atoms with Gasteiger partial charge >= 0.3 is 0 Å². The normalized spacial score (nSPS) is 12.8. The van der Waals surface area contributed by atoms with Crippen LogP contribution in [0.5, 0.6) is 0 Å². The Kier molecular flexibility index (Phi) is 6.04. The van der Waals surface area contributed by atoms with Crippen LogP contribution < -0.4 is 16.0 Å². The highest BCUT2D eigenvalue weighted by atomic mass is 35.5. The topological polar surface area (TPSA) is 75.4 Å². The molecule has 5 nitrogen and oxygen atoms in total. The van der Waals surface area contributed by atoms with Crippen molar-refractivity contribution in [3.05, 3.63) is 59.2 Å². The van der Waals surface area contributed by atoms with Crippen LogP contribution in [0.15, 0.2) is 42.5 Å². The summed E-state index contributed by atoms with van der Waals surface area (Å²) in [7, 11) is 0. The Morgan fingerprint density at radius 1 is 1.20 bits per heavy atom. The number of nitrogens with zero attached hydrogens (tertiary/aromatic N) is 1. The number of aryl methyl sites for hydroxylation is 2. The maximum absolute atomic E-state index is 12.5. The fourth-order valence-corrected chi connectivity index (χ4v) is 3.02. The summed E-state index contributed by atoms with van der Waals surface area (Å²) in [5, 5.41) is 2.71. The van der Waals surface area contributed by atoms with Gasteiger partial charge in [-0.1, -0.05) is 24.3 Å². The molecule has 0 saturated carbocycles. The van der Waals surface area contributed by atoms with E-state index in [2.05, 4.69) is 5.32 Å². The van der Waals surface area contributed by atoms with Crippen molar-refractivity contribution in [1.29, 1.82) is 0 Å². The average molecular weight is 360 g/mol. The van der Waals surface area contributed by atoms with Crippen molar-refractivity contribution in [2.45, 2.75) is 19.8 Å². The zero-order valence-corrected chi connectivity index (χ0v) is 14.9. The third-order valence-electron chi connectivity index (χ3n) is 4.32. The lowest BCUT2D eigenvalue weighted by molar-refractivity contribution is -0.117. The Bertz CT molecular complexity index is 792. The van der Waals surface area contributed by atoms with Crippen LogP contribution in [0.2, 0.25) is 0 Å². The van der Waals surface area contributed by atoms with Crippen molar-refractivity contribution in [3.8, 4) is 0 Å². The predicted molar refractivity (Wildman–Crippen MR) is 102 cm³/mol. The average Bonchev–Trinajstić information content (AvgIpc) is 2.61. The molecule has 3 rings (SSSR count). The Balaban J connectivity index is 0.00000225. The predicted octanol–water partition coefficient (Wildman–Crippen LogP) is 2.71. The molecule has 0 aliphatic carbocycles. The molecular weight excluding hydrogens is 338 g/mol. The molecule has 0 fully saturated rings. The summed E-state index contributed by atoms with van der Waals surface area (Å²) in [5.41, 5.74) is 9.72. The first-order valence-electron chi connectivity index (χ1n) is 8.09. The minimum Gasteiger partial charge on any atom is -0.399 e. The number of hydrogen-bond acceptors (Lipinski definition) is 3. The van der Waals surface area contributed by atoms with E-state index in [1.807, 2.05) is 31.2 Å². The van der Waals surface area contributed by atoms with Gasteiger partial charge in [-0.3, -0.25) is 9.59 Å². The van der Waals surface area contributed by atoms with Gasteiger partial charge in [0.15, 0.2) is 0 Å². The van der Waals surface area contributed by atoms with Gasteiger partial charge < -0.3 is 16.0 Å². The van der Waals surface area contributed by atoms with Gasteiger partial charge in [0.05, 0.1) is 6.54 Å². The summed E-state index contributed by atoms with van der Waals surface area (Å²) in [6.07, 6.45) is 1.92. The van der Waals surface area contributed by atoms with Gasteiger partial charge in [0.2, 0.25) is 5.91 Å². The molecule has 0 aromatic heterocycles. The molecule has 1 aliphatic heterocycles. The van der Waals surface area contributed by atoms with Gasteiger partial charge in [0.1, 0.15) is 0 Å². The van der Waals surface area contributed by atoms with Crippen LogP contribution in [0, 0.1) is 6.92 Å². The van der Waals surface area contributed by atoms with Crippen LogP contribution >= 0.6 is 12.4 Å². The second kappa shape index (κ2) is 8.03. The van der Waals surface area contributed by atoms with E-state index in [1.54, 1.807) is 23.1 Å². The first-order chi connectivity index (χ1) is 11.6. The minimum absolute atomic E-state index is 0. The molecule has 1 aliphatic rings. The van der Waals surface area contributed by atoms with E-state index >= 15 is 0 Å². The standard InChI is InChI=1S/C19H21N3O2.ClH/c1-13-8-9-15(20)11-16(13)19(24)21-12-18(23)22-10-4-6-14-5-2-3-7-17(14)22;/h2-3,5,7-9,11H,4,6,10,12,20H2,1H3,(H,21,24);1H. The number of halogens is 1. The summed E-state index contributed by atoms with van der Waals surface area (Å²) in [6, 6.07) is 13.1. The Morgan fingerprint density at radius 2 is 1.96 bits per heavy atom. The van der Waals surface area contributed by atoms with Crippen LogP contribution in [-0.4, -0.2) is 24.9 Å². The monoisotopic (exact) mass is 359 g/mol. The van der Waals surface area contributed by atoms with Crippen molar-refractivity contribution in [2.24, 2.45) is 0 Å². The molecular formula is C19H22ClN3O2. The number of nitrogens with one attached hydrogen (secondary N) is 1. The summed E-state index contributed by atoms with van der Waals surface area (Å²) < 4.78 is 0. The fourth-order valence-electron chi connectivity index (χ4n) is 3.02. The molecule has 0 bridgehead atoms. The number of benzene rings is 2. The first-order valence-corrected chi connectivity index (χ1v) is 8.09. The Hall–Kier alpha value is -2.53. The second-order valence-electron chi connectivity index (χ2n) is 6.03. The molecule has 1 heterocycles. The van der Waals surface area contributed by atoms with Gasteiger partial charge in [0, 0.05) is 23.5 Å². The number of amides is 2. The maximum atomic E-state index is 12.5. The molecule has 2 amide bonds. The zero-order valence-electron chi connectivity index (χ0n) is 14.1. The number of fused-ring (bicyclic) bond motifs is 1. The summed E-state index contributed by atoms with van der Waals surface area (Å²) in [5.74, 6) is -0.379.